The minimum atomic E-state index is 0.698. The number of rotatable bonds is 1. The fourth-order valence-corrected chi connectivity index (χ4v) is 2.84. The molecule has 0 atom stereocenters. The fraction of sp³-hybridized carbons (Fsp3) is 0.133. The van der Waals surface area contributed by atoms with Crippen LogP contribution in [0.3, 0.4) is 0 Å². The van der Waals surface area contributed by atoms with Crippen LogP contribution in [-0.2, 0) is 13.1 Å². The maximum atomic E-state index is 5.83. The van der Waals surface area contributed by atoms with E-state index in [-0.39, 0.29) is 0 Å². The number of oxazole rings is 1. The molecule has 0 amide bonds. The molecule has 3 aromatic rings. The lowest BCUT2D eigenvalue weighted by Gasteiger charge is -2.10. The molecule has 1 aliphatic rings. The summed E-state index contributed by atoms with van der Waals surface area (Å²) < 4.78 is 6.85. The molecule has 1 aromatic heterocycles. The van der Waals surface area contributed by atoms with Crippen molar-refractivity contribution in [3.63, 3.8) is 0 Å². The molecule has 0 saturated carbocycles. The van der Waals surface area contributed by atoms with E-state index >= 15 is 0 Å². The van der Waals surface area contributed by atoms with E-state index < -0.39 is 0 Å². The Morgan fingerprint density at radius 1 is 1.05 bits per heavy atom. The Bertz CT molecular complexity index is 741. The standard InChI is InChI=1S/C15H11BrN2O/c16-12-5-6-14-13(7-12)17-15(19-14)18-8-10-3-1-2-4-11(10)9-18/h1-7H,8-9H2. The fourth-order valence-electron chi connectivity index (χ4n) is 2.49. The van der Waals surface area contributed by atoms with Gasteiger partial charge in [-0.25, -0.2) is 0 Å². The average Bonchev–Trinajstić information content (AvgIpc) is 3.00. The Morgan fingerprint density at radius 2 is 1.79 bits per heavy atom. The normalized spacial score (nSPS) is 14.1. The number of fused-ring (bicyclic) bond motifs is 2. The summed E-state index contributed by atoms with van der Waals surface area (Å²) in [6.07, 6.45) is 0. The molecule has 2 aromatic carbocycles. The first-order valence-corrected chi connectivity index (χ1v) is 6.97. The van der Waals surface area contributed by atoms with Gasteiger partial charge in [-0.15, -0.1) is 0 Å². The average molecular weight is 315 g/mol. The lowest BCUT2D eigenvalue weighted by atomic mass is 10.1. The van der Waals surface area contributed by atoms with Crippen molar-refractivity contribution in [1.29, 1.82) is 0 Å². The Morgan fingerprint density at radius 3 is 2.53 bits per heavy atom. The topological polar surface area (TPSA) is 29.3 Å². The predicted molar refractivity (Wildman–Crippen MR) is 78.0 cm³/mol. The first-order valence-electron chi connectivity index (χ1n) is 6.17. The summed E-state index contributed by atoms with van der Waals surface area (Å²) in [6.45, 7) is 1.73. The third-order valence-electron chi connectivity index (χ3n) is 3.45. The van der Waals surface area contributed by atoms with Crippen LogP contribution in [0.15, 0.2) is 51.4 Å². The molecular formula is C15H11BrN2O. The lowest BCUT2D eigenvalue weighted by Crippen LogP contribution is -2.14. The van der Waals surface area contributed by atoms with Gasteiger partial charge in [-0.2, -0.15) is 4.98 Å². The minimum Gasteiger partial charge on any atom is -0.423 e. The zero-order valence-electron chi connectivity index (χ0n) is 10.1. The highest BCUT2D eigenvalue weighted by molar-refractivity contribution is 9.10. The van der Waals surface area contributed by atoms with E-state index in [0.29, 0.717) is 6.01 Å². The number of hydrogen-bond acceptors (Lipinski definition) is 3. The summed E-state index contributed by atoms with van der Waals surface area (Å²) in [5.74, 6) is 0. The highest BCUT2D eigenvalue weighted by atomic mass is 79.9. The first-order chi connectivity index (χ1) is 9.29. The van der Waals surface area contributed by atoms with Crippen molar-refractivity contribution >= 4 is 33.0 Å². The van der Waals surface area contributed by atoms with Gasteiger partial charge in [0.2, 0.25) is 0 Å². The Hall–Kier alpha value is -1.81. The van der Waals surface area contributed by atoms with Crippen molar-refractivity contribution < 1.29 is 4.42 Å². The van der Waals surface area contributed by atoms with E-state index in [9.17, 15) is 0 Å². The van der Waals surface area contributed by atoms with Gasteiger partial charge in [0.25, 0.3) is 6.01 Å². The number of aromatic nitrogens is 1. The molecular weight excluding hydrogens is 304 g/mol. The molecule has 4 rings (SSSR count). The number of halogens is 1. The van der Waals surface area contributed by atoms with Crippen LogP contribution in [0.25, 0.3) is 11.1 Å². The van der Waals surface area contributed by atoms with Crippen molar-refractivity contribution in [3.8, 4) is 0 Å². The van der Waals surface area contributed by atoms with E-state index in [2.05, 4.69) is 50.1 Å². The molecule has 0 N–H and O–H groups in total. The van der Waals surface area contributed by atoms with Crippen LogP contribution in [0.5, 0.6) is 0 Å². The summed E-state index contributed by atoms with van der Waals surface area (Å²) in [5, 5.41) is 0. The Kier molecular flexibility index (Phi) is 2.38. The lowest BCUT2D eigenvalue weighted by molar-refractivity contribution is 0.573. The van der Waals surface area contributed by atoms with Crippen LogP contribution in [0, 0.1) is 0 Å². The second-order valence-electron chi connectivity index (χ2n) is 4.73. The monoisotopic (exact) mass is 314 g/mol. The van der Waals surface area contributed by atoms with Gasteiger partial charge in [-0.05, 0) is 29.3 Å². The maximum Gasteiger partial charge on any atom is 0.298 e. The predicted octanol–water partition coefficient (Wildman–Crippen LogP) is 4.11. The number of nitrogens with zero attached hydrogens (tertiary/aromatic N) is 2. The van der Waals surface area contributed by atoms with Crippen LogP contribution >= 0.6 is 15.9 Å². The van der Waals surface area contributed by atoms with Crippen molar-refractivity contribution in [3.05, 3.63) is 58.1 Å². The van der Waals surface area contributed by atoms with E-state index in [0.717, 1.165) is 28.7 Å². The van der Waals surface area contributed by atoms with Gasteiger partial charge in [-0.3, -0.25) is 0 Å². The van der Waals surface area contributed by atoms with Gasteiger partial charge in [-0.1, -0.05) is 40.2 Å². The van der Waals surface area contributed by atoms with Gasteiger partial charge in [0.15, 0.2) is 5.58 Å². The number of benzene rings is 2. The molecule has 1 aliphatic heterocycles. The van der Waals surface area contributed by atoms with Crippen LogP contribution in [0.1, 0.15) is 11.1 Å². The summed E-state index contributed by atoms with van der Waals surface area (Å²) in [4.78, 5) is 6.73. The number of hydrogen-bond donors (Lipinski definition) is 0. The summed E-state index contributed by atoms with van der Waals surface area (Å²) in [5.41, 5.74) is 4.42. The molecule has 0 spiro atoms. The van der Waals surface area contributed by atoms with Gasteiger partial charge < -0.3 is 9.32 Å². The van der Waals surface area contributed by atoms with Gasteiger partial charge >= 0.3 is 0 Å². The van der Waals surface area contributed by atoms with E-state index in [1.165, 1.54) is 11.1 Å². The highest BCUT2D eigenvalue weighted by Gasteiger charge is 2.22. The molecule has 19 heavy (non-hydrogen) atoms. The first kappa shape index (κ1) is 11.1. The van der Waals surface area contributed by atoms with Crippen LogP contribution in [0.2, 0.25) is 0 Å². The number of anilines is 1. The molecule has 0 unspecified atom stereocenters. The SMILES string of the molecule is Brc1ccc2oc(N3Cc4ccccc4C3)nc2c1. The van der Waals surface area contributed by atoms with Crippen LogP contribution in [-0.4, -0.2) is 4.98 Å². The summed E-state index contributed by atoms with van der Waals surface area (Å²) in [7, 11) is 0. The molecule has 3 nitrogen and oxygen atoms in total. The maximum absolute atomic E-state index is 5.83. The van der Waals surface area contributed by atoms with Gasteiger partial charge in [0.1, 0.15) is 5.52 Å². The molecule has 0 fully saturated rings. The van der Waals surface area contributed by atoms with E-state index in [1.54, 1.807) is 0 Å². The van der Waals surface area contributed by atoms with Crippen molar-refractivity contribution in [2.45, 2.75) is 13.1 Å². The minimum absolute atomic E-state index is 0.698. The zero-order chi connectivity index (χ0) is 12.8. The van der Waals surface area contributed by atoms with Crippen LogP contribution in [0.4, 0.5) is 6.01 Å². The zero-order valence-corrected chi connectivity index (χ0v) is 11.7. The van der Waals surface area contributed by atoms with Crippen molar-refractivity contribution in [2.75, 3.05) is 4.90 Å². The molecule has 0 aliphatic carbocycles. The van der Waals surface area contributed by atoms with Gasteiger partial charge in [0, 0.05) is 17.6 Å². The largest absolute Gasteiger partial charge is 0.423 e. The van der Waals surface area contributed by atoms with Crippen molar-refractivity contribution in [2.24, 2.45) is 0 Å². The summed E-state index contributed by atoms with van der Waals surface area (Å²) >= 11 is 3.45. The van der Waals surface area contributed by atoms with E-state index in [4.69, 9.17) is 4.42 Å². The molecule has 0 saturated heterocycles. The Labute approximate surface area is 119 Å². The molecule has 0 bridgehead atoms. The van der Waals surface area contributed by atoms with E-state index in [1.807, 2.05) is 18.2 Å². The smallest absolute Gasteiger partial charge is 0.298 e. The summed E-state index contributed by atoms with van der Waals surface area (Å²) in [6, 6.07) is 15.1. The second kappa shape index (κ2) is 4.10. The quantitative estimate of drug-likeness (QED) is 0.677. The van der Waals surface area contributed by atoms with Gasteiger partial charge in [0.05, 0.1) is 0 Å². The molecule has 4 heteroatoms. The second-order valence-corrected chi connectivity index (χ2v) is 5.65. The third-order valence-corrected chi connectivity index (χ3v) is 3.94. The highest BCUT2D eigenvalue weighted by Crippen LogP contribution is 2.30. The van der Waals surface area contributed by atoms with Crippen LogP contribution < -0.4 is 4.90 Å². The molecule has 0 radical (unpaired) electrons. The molecule has 94 valence electrons. The van der Waals surface area contributed by atoms with Crippen molar-refractivity contribution in [1.82, 2.24) is 4.98 Å². The molecule has 2 heterocycles. The third kappa shape index (κ3) is 1.83. The Balaban J connectivity index is 1.73.